The van der Waals surface area contributed by atoms with Gasteiger partial charge in [-0.1, -0.05) is 13.3 Å². The Morgan fingerprint density at radius 1 is 0.700 bits per heavy atom. The topological polar surface area (TPSA) is 69.2 Å². The summed E-state index contributed by atoms with van der Waals surface area (Å²) in [5, 5.41) is 11.8. The Labute approximate surface area is 122 Å². The van der Waals surface area contributed by atoms with Crippen molar-refractivity contribution >= 4 is 0 Å². The molecule has 0 atom stereocenters. The molecule has 122 valence electrons. The average molecular weight is 293 g/mol. The van der Waals surface area contributed by atoms with E-state index in [0.717, 1.165) is 19.7 Å². The van der Waals surface area contributed by atoms with Crippen molar-refractivity contribution in [1.82, 2.24) is 5.32 Å². The van der Waals surface area contributed by atoms with Crippen LogP contribution in [-0.4, -0.2) is 77.7 Å². The number of aliphatic hydroxyl groups excluding tert-OH is 1. The van der Waals surface area contributed by atoms with E-state index < -0.39 is 0 Å². The molecule has 0 aromatic carbocycles. The highest BCUT2D eigenvalue weighted by Crippen LogP contribution is 1.84. The van der Waals surface area contributed by atoms with Gasteiger partial charge in [0.15, 0.2) is 0 Å². The van der Waals surface area contributed by atoms with Crippen molar-refractivity contribution in [1.29, 1.82) is 0 Å². The Kier molecular flexibility index (Phi) is 18.5. The van der Waals surface area contributed by atoms with E-state index in [4.69, 9.17) is 24.1 Å². The maximum Gasteiger partial charge on any atom is 0.0701 e. The normalized spacial score (nSPS) is 11.1. The van der Waals surface area contributed by atoms with Gasteiger partial charge in [0.25, 0.3) is 0 Å². The number of nitrogens with one attached hydrogen (secondary N) is 1. The van der Waals surface area contributed by atoms with Crippen molar-refractivity contribution in [2.75, 3.05) is 72.6 Å². The van der Waals surface area contributed by atoms with Crippen LogP contribution in [0.25, 0.3) is 0 Å². The molecular weight excluding hydrogens is 262 g/mol. The van der Waals surface area contributed by atoms with E-state index in [1.54, 1.807) is 0 Å². The third kappa shape index (κ3) is 17.8. The summed E-state index contributed by atoms with van der Waals surface area (Å²) in [6.45, 7) is 8.67. The lowest BCUT2D eigenvalue weighted by Crippen LogP contribution is -2.21. The smallest absolute Gasteiger partial charge is 0.0701 e. The van der Waals surface area contributed by atoms with Gasteiger partial charge in [0, 0.05) is 6.54 Å². The van der Waals surface area contributed by atoms with E-state index in [2.05, 4.69) is 12.2 Å². The van der Waals surface area contributed by atoms with E-state index in [0.29, 0.717) is 46.2 Å². The first-order valence-corrected chi connectivity index (χ1v) is 7.54. The van der Waals surface area contributed by atoms with Crippen molar-refractivity contribution in [3.05, 3.63) is 0 Å². The van der Waals surface area contributed by atoms with Gasteiger partial charge >= 0.3 is 0 Å². The molecule has 20 heavy (non-hydrogen) atoms. The molecule has 0 rings (SSSR count). The van der Waals surface area contributed by atoms with Crippen molar-refractivity contribution in [3.8, 4) is 0 Å². The molecule has 0 unspecified atom stereocenters. The Bertz CT molecular complexity index is 154. The molecule has 0 heterocycles. The molecule has 6 nitrogen and oxygen atoms in total. The van der Waals surface area contributed by atoms with E-state index in [-0.39, 0.29) is 6.61 Å². The summed E-state index contributed by atoms with van der Waals surface area (Å²) >= 11 is 0. The van der Waals surface area contributed by atoms with Gasteiger partial charge < -0.3 is 29.4 Å². The van der Waals surface area contributed by atoms with Crippen LogP contribution in [0.5, 0.6) is 0 Å². The van der Waals surface area contributed by atoms with Crippen molar-refractivity contribution < 1.29 is 24.1 Å². The fraction of sp³-hybridized carbons (Fsp3) is 1.00. The van der Waals surface area contributed by atoms with Gasteiger partial charge in [0.05, 0.1) is 59.5 Å². The van der Waals surface area contributed by atoms with Gasteiger partial charge in [-0.05, 0) is 13.0 Å². The monoisotopic (exact) mass is 293 g/mol. The second-order valence-electron chi connectivity index (χ2n) is 4.28. The number of hydrogen-bond donors (Lipinski definition) is 2. The molecule has 0 spiro atoms. The first kappa shape index (κ1) is 19.8. The van der Waals surface area contributed by atoms with Crippen LogP contribution in [0.15, 0.2) is 0 Å². The van der Waals surface area contributed by atoms with E-state index in [9.17, 15) is 0 Å². The molecule has 0 bridgehead atoms. The summed E-state index contributed by atoms with van der Waals surface area (Å²) in [5.41, 5.74) is 0. The summed E-state index contributed by atoms with van der Waals surface area (Å²) in [4.78, 5) is 0. The standard InChI is InChI=1S/C14H31NO5/c1-2-3-4-15-5-7-17-9-11-19-13-14-20-12-10-18-8-6-16/h15-16H,2-14H2,1H3. The highest BCUT2D eigenvalue weighted by Gasteiger charge is 1.92. The first-order chi connectivity index (χ1) is 9.91. The van der Waals surface area contributed by atoms with Gasteiger partial charge in [-0.2, -0.15) is 0 Å². The largest absolute Gasteiger partial charge is 0.394 e. The lowest BCUT2D eigenvalue weighted by molar-refractivity contribution is -0.00518. The van der Waals surface area contributed by atoms with Gasteiger partial charge in [-0.3, -0.25) is 0 Å². The summed E-state index contributed by atoms with van der Waals surface area (Å²) < 4.78 is 21.1. The Hall–Kier alpha value is -0.240. The number of rotatable bonds is 17. The van der Waals surface area contributed by atoms with Gasteiger partial charge in [-0.15, -0.1) is 0 Å². The summed E-state index contributed by atoms with van der Waals surface area (Å²) in [7, 11) is 0. The second-order valence-corrected chi connectivity index (χ2v) is 4.28. The van der Waals surface area contributed by atoms with Crippen molar-refractivity contribution in [2.24, 2.45) is 0 Å². The van der Waals surface area contributed by atoms with Crippen LogP contribution < -0.4 is 5.32 Å². The minimum absolute atomic E-state index is 0.0528. The molecule has 0 amide bonds. The van der Waals surface area contributed by atoms with Crippen LogP contribution >= 0.6 is 0 Å². The number of hydrogen-bond acceptors (Lipinski definition) is 6. The molecule has 6 heteroatoms. The first-order valence-electron chi connectivity index (χ1n) is 7.54. The third-order valence-corrected chi connectivity index (χ3v) is 2.48. The molecule has 0 aromatic rings. The number of ether oxygens (including phenoxy) is 4. The van der Waals surface area contributed by atoms with Crippen molar-refractivity contribution in [3.63, 3.8) is 0 Å². The molecule has 0 aromatic heterocycles. The van der Waals surface area contributed by atoms with Crippen molar-refractivity contribution in [2.45, 2.75) is 19.8 Å². The SMILES string of the molecule is CCCCNCCOCCOCCOCCOCCO. The molecule has 0 saturated heterocycles. The highest BCUT2D eigenvalue weighted by molar-refractivity contribution is 4.45. The maximum absolute atomic E-state index is 8.48. The van der Waals surface area contributed by atoms with Gasteiger partial charge in [0.2, 0.25) is 0 Å². The summed E-state index contributed by atoms with van der Waals surface area (Å²) in [6.07, 6.45) is 2.44. The van der Waals surface area contributed by atoms with Gasteiger partial charge in [-0.25, -0.2) is 0 Å². The van der Waals surface area contributed by atoms with Crippen LogP contribution in [0.1, 0.15) is 19.8 Å². The van der Waals surface area contributed by atoms with Gasteiger partial charge in [0.1, 0.15) is 0 Å². The minimum Gasteiger partial charge on any atom is -0.394 e. The van der Waals surface area contributed by atoms with Crippen LogP contribution in [0.2, 0.25) is 0 Å². The molecule has 0 aliphatic rings. The second kappa shape index (κ2) is 18.8. The molecule has 0 fully saturated rings. The molecular formula is C14H31NO5. The van der Waals surface area contributed by atoms with Crippen LogP contribution in [-0.2, 0) is 18.9 Å². The van der Waals surface area contributed by atoms with E-state index in [1.165, 1.54) is 12.8 Å². The van der Waals surface area contributed by atoms with Crippen LogP contribution in [0, 0.1) is 0 Å². The van der Waals surface area contributed by atoms with Crippen LogP contribution in [0.4, 0.5) is 0 Å². The zero-order valence-corrected chi connectivity index (χ0v) is 12.8. The lowest BCUT2D eigenvalue weighted by Gasteiger charge is -2.07. The molecule has 0 radical (unpaired) electrons. The molecule has 2 N–H and O–H groups in total. The molecule has 0 saturated carbocycles. The predicted octanol–water partition coefficient (Wildman–Crippen LogP) is 0.435. The number of aliphatic hydroxyl groups is 1. The summed E-state index contributed by atoms with van der Waals surface area (Å²) in [5.74, 6) is 0. The van der Waals surface area contributed by atoms with Crippen LogP contribution in [0.3, 0.4) is 0 Å². The summed E-state index contributed by atoms with van der Waals surface area (Å²) in [6, 6.07) is 0. The average Bonchev–Trinajstić information content (AvgIpc) is 2.47. The van der Waals surface area contributed by atoms with E-state index in [1.807, 2.05) is 0 Å². The molecule has 0 aliphatic heterocycles. The minimum atomic E-state index is 0.0528. The fourth-order valence-corrected chi connectivity index (χ4v) is 1.40. The Balaban J connectivity index is 2.89. The number of unbranched alkanes of at least 4 members (excludes halogenated alkanes) is 1. The fourth-order valence-electron chi connectivity index (χ4n) is 1.40. The zero-order valence-electron chi connectivity index (χ0n) is 12.8. The maximum atomic E-state index is 8.48. The lowest BCUT2D eigenvalue weighted by atomic mass is 10.3. The van der Waals surface area contributed by atoms with E-state index >= 15 is 0 Å². The zero-order chi connectivity index (χ0) is 14.7. The highest BCUT2D eigenvalue weighted by atomic mass is 16.6. The Morgan fingerprint density at radius 3 is 1.70 bits per heavy atom. The third-order valence-electron chi connectivity index (χ3n) is 2.48. The molecule has 0 aliphatic carbocycles. The predicted molar refractivity (Wildman–Crippen MR) is 78.1 cm³/mol. The quantitative estimate of drug-likeness (QED) is 0.379. The Morgan fingerprint density at radius 2 is 1.20 bits per heavy atom.